The number of urea groups is 1. The lowest BCUT2D eigenvalue weighted by molar-refractivity contribution is -0.123. The first-order valence-corrected chi connectivity index (χ1v) is 9.60. The highest BCUT2D eigenvalue weighted by Gasteiger charge is 2.30. The maximum Gasteiger partial charge on any atom is 0.315 e. The number of fused-ring (bicyclic) bond motifs is 1. The number of sulfone groups is 1. The predicted molar refractivity (Wildman–Crippen MR) is 90.2 cm³/mol. The van der Waals surface area contributed by atoms with Gasteiger partial charge in [-0.25, -0.2) is 13.2 Å². The van der Waals surface area contributed by atoms with E-state index in [1.54, 1.807) is 38.1 Å². The van der Waals surface area contributed by atoms with E-state index in [4.69, 9.17) is 0 Å². The Bertz CT molecular complexity index is 716. The molecule has 1 heterocycles. The predicted octanol–water partition coefficient (Wildman–Crippen LogP) is 0.977. The number of hydrogen-bond acceptors (Lipinski definition) is 4. The van der Waals surface area contributed by atoms with Crippen LogP contribution >= 0.6 is 0 Å². The molecule has 0 spiro atoms. The largest absolute Gasteiger partial charge is 0.354 e. The first-order valence-electron chi connectivity index (χ1n) is 7.95. The Balaban J connectivity index is 1.88. The van der Waals surface area contributed by atoms with Crippen molar-refractivity contribution in [2.75, 3.05) is 18.8 Å². The first kappa shape index (κ1) is 18.3. The van der Waals surface area contributed by atoms with E-state index in [1.165, 1.54) is 0 Å². The third-order valence-electron chi connectivity index (χ3n) is 3.84. The highest BCUT2D eigenvalue weighted by atomic mass is 32.2. The van der Waals surface area contributed by atoms with Crippen LogP contribution in [0.1, 0.15) is 31.9 Å². The van der Waals surface area contributed by atoms with Gasteiger partial charge in [-0.05, 0) is 18.1 Å². The van der Waals surface area contributed by atoms with Gasteiger partial charge < -0.3 is 16.0 Å². The minimum Gasteiger partial charge on any atom is -0.354 e. The number of nitrogens with one attached hydrogen (secondary N) is 3. The van der Waals surface area contributed by atoms with Crippen molar-refractivity contribution in [1.29, 1.82) is 0 Å². The van der Waals surface area contributed by atoms with Gasteiger partial charge in [0.25, 0.3) is 0 Å². The Hall–Kier alpha value is -2.09. The van der Waals surface area contributed by atoms with Crippen LogP contribution in [-0.4, -0.2) is 39.2 Å². The highest BCUT2D eigenvalue weighted by Crippen LogP contribution is 2.31. The van der Waals surface area contributed by atoms with Gasteiger partial charge in [-0.15, -0.1) is 0 Å². The van der Waals surface area contributed by atoms with Crippen LogP contribution in [0.3, 0.4) is 0 Å². The molecule has 1 atom stereocenters. The molecule has 0 bridgehead atoms. The molecule has 7 nitrogen and oxygen atoms in total. The molecule has 2 rings (SSSR count). The summed E-state index contributed by atoms with van der Waals surface area (Å²) < 4.78 is 24.1. The average Bonchev–Trinajstić information content (AvgIpc) is 2.54. The van der Waals surface area contributed by atoms with Gasteiger partial charge in [-0.2, -0.15) is 0 Å². The van der Waals surface area contributed by atoms with E-state index < -0.39 is 9.84 Å². The standard InChI is InChI=1S/C16H23N3O4S/c1-11(2)15(20)17-8-9-18-16(21)19-13-7-10-24(22,23)14-6-4-3-5-12(13)14/h3-6,11,13H,7-10H2,1-2H3,(H,17,20)(H2,18,19,21)/t13-/m1/s1. The minimum atomic E-state index is -3.27. The molecule has 1 aliphatic rings. The molecule has 0 radical (unpaired) electrons. The van der Waals surface area contributed by atoms with Crippen molar-refractivity contribution in [2.24, 2.45) is 5.92 Å². The number of amides is 3. The van der Waals surface area contributed by atoms with Crippen molar-refractivity contribution in [3.8, 4) is 0 Å². The molecule has 3 N–H and O–H groups in total. The van der Waals surface area contributed by atoms with Crippen LogP contribution in [-0.2, 0) is 14.6 Å². The summed E-state index contributed by atoms with van der Waals surface area (Å²) in [7, 11) is -3.27. The summed E-state index contributed by atoms with van der Waals surface area (Å²) in [6.07, 6.45) is 0.344. The Labute approximate surface area is 142 Å². The molecule has 0 saturated heterocycles. The van der Waals surface area contributed by atoms with Crippen molar-refractivity contribution in [1.82, 2.24) is 16.0 Å². The van der Waals surface area contributed by atoms with Crippen molar-refractivity contribution in [3.05, 3.63) is 29.8 Å². The third-order valence-corrected chi connectivity index (χ3v) is 5.66. The lowest BCUT2D eigenvalue weighted by Gasteiger charge is -2.26. The number of hydrogen-bond donors (Lipinski definition) is 3. The van der Waals surface area contributed by atoms with Crippen LogP contribution in [0.2, 0.25) is 0 Å². The lowest BCUT2D eigenvalue weighted by Crippen LogP contribution is -2.43. The van der Waals surface area contributed by atoms with E-state index in [9.17, 15) is 18.0 Å². The normalized spacial score (nSPS) is 18.5. The molecule has 0 aromatic heterocycles. The Morgan fingerprint density at radius 3 is 2.54 bits per heavy atom. The molecule has 3 amide bonds. The average molecular weight is 353 g/mol. The third kappa shape index (κ3) is 4.47. The second-order valence-corrected chi connectivity index (χ2v) is 8.12. The van der Waals surface area contributed by atoms with E-state index in [0.717, 1.165) is 0 Å². The van der Waals surface area contributed by atoms with Crippen molar-refractivity contribution in [2.45, 2.75) is 31.2 Å². The first-order chi connectivity index (χ1) is 11.3. The fourth-order valence-corrected chi connectivity index (χ4v) is 4.14. The lowest BCUT2D eigenvalue weighted by atomic mass is 10.0. The maximum atomic E-state index is 12.1. The number of benzene rings is 1. The molecule has 8 heteroatoms. The van der Waals surface area contributed by atoms with Crippen LogP contribution in [0.5, 0.6) is 0 Å². The summed E-state index contributed by atoms with van der Waals surface area (Å²) in [6.45, 7) is 4.24. The molecule has 0 aliphatic carbocycles. The van der Waals surface area contributed by atoms with Crippen LogP contribution in [0.4, 0.5) is 4.79 Å². The van der Waals surface area contributed by atoms with Gasteiger partial charge in [0.2, 0.25) is 5.91 Å². The highest BCUT2D eigenvalue weighted by molar-refractivity contribution is 7.91. The van der Waals surface area contributed by atoms with Gasteiger partial charge in [0, 0.05) is 19.0 Å². The van der Waals surface area contributed by atoms with Crippen LogP contribution in [0.25, 0.3) is 0 Å². The SMILES string of the molecule is CC(C)C(=O)NCCNC(=O)N[C@@H]1CCS(=O)(=O)c2ccccc21. The molecular formula is C16H23N3O4S. The molecular weight excluding hydrogens is 330 g/mol. The quantitative estimate of drug-likeness (QED) is 0.686. The molecule has 0 fully saturated rings. The van der Waals surface area contributed by atoms with Crippen LogP contribution in [0, 0.1) is 5.92 Å². The Morgan fingerprint density at radius 1 is 1.17 bits per heavy atom. The Kier molecular flexibility index (Phi) is 5.82. The molecule has 0 saturated carbocycles. The fourth-order valence-electron chi connectivity index (χ4n) is 2.52. The van der Waals surface area contributed by atoms with E-state index in [0.29, 0.717) is 25.1 Å². The summed E-state index contributed by atoms with van der Waals surface area (Å²) in [5, 5.41) is 8.16. The monoisotopic (exact) mass is 353 g/mol. The van der Waals surface area contributed by atoms with Crippen molar-refractivity contribution >= 4 is 21.8 Å². The number of carbonyl (C=O) groups is 2. The molecule has 1 aromatic rings. The fraction of sp³-hybridized carbons (Fsp3) is 0.500. The zero-order valence-electron chi connectivity index (χ0n) is 13.8. The maximum absolute atomic E-state index is 12.1. The zero-order chi connectivity index (χ0) is 17.7. The number of carbonyl (C=O) groups excluding carboxylic acids is 2. The molecule has 1 aliphatic heterocycles. The van der Waals surface area contributed by atoms with Crippen LogP contribution < -0.4 is 16.0 Å². The second-order valence-electron chi connectivity index (χ2n) is 6.04. The van der Waals surface area contributed by atoms with E-state index >= 15 is 0 Å². The summed E-state index contributed by atoms with van der Waals surface area (Å²) in [6, 6.07) is 6.00. The van der Waals surface area contributed by atoms with Gasteiger partial charge >= 0.3 is 6.03 Å². The van der Waals surface area contributed by atoms with Gasteiger partial charge in [0.05, 0.1) is 16.7 Å². The minimum absolute atomic E-state index is 0.0133. The van der Waals surface area contributed by atoms with Crippen molar-refractivity contribution in [3.63, 3.8) is 0 Å². The topological polar surface area (TPSA) is 104 Å². The number of rotatable bonds is 5. The molecule has 24 heavy (non-hydrogen) atoms. The smallest absolute Gasteiger partial charge is 0.315 e. The molecule has 132 valence electrons. The van der Waals surface area contributed by atoms with Gasteiger partial charge in [-0.1, -0.05) is 32.0 Å². The zero-order valence-corrected chi connectivity index (χ0v) is 14.7. The van der Waals surface area contributed by atoms with Gasteiger partial charge in [0.15, 0.2) is 9.84 Å². The summed E-state index contributed by atoms with van der Waals surface area (Å²) >= 11 is 0. The summed E-state index contributed by atoms with van der Waals surface area (Å²) in [5.41, 5.74) is 0.618. The van der Waals surface area contributed by atoms with E-state index in [-0.39, 0.29) is 34.5 Å². The molecule has 1 aromatic carbocycles. The van der Waals surface area contributed by atoms with Gasteiger partial charge in [0.1, 0.15) is 0 Å². The Morgan fingerprint density at radius 2 is 1.83 bits per heavy atom. The van der Waals surface area contributed by atoms with Crippen LogP contribution in [0.15, 0.2) is 29.2 Å². The molecule has 0 unspecified atom stereocenters. The summed E-state index contributed by atoms with van der Waals surface area (Å²) in [4.78, 5) is 23.7. The second kappa shape index (κ2) is 7.65. The van der Waals surface area contributed by atoms with Gasteiger partial charge in [-0.3, -0.25) is 4.79 Å². The van der Waals surface area contributed by atoms with Crippen molar-refractivity contribution < 1.29 is 18.0 Å². The van der Waals surface area contributed by atoms with E-state index in [2.05, 4.69) is 16.0 Å². The summed E-state index contributed by atoms with van der Waals surface area (Å²) in [5.74, 6) is -0.150. The van der Waals surface area contributed by atoms with E-state index in [1.807, 2.05) is 0 Å².